The highest BCUT2D eigenvalue weighted by Crippen LogP contribution is 2.20. The maximum absolute atomic E-state index is 13.3. The highest BCUT2D eigenvalue weighted by atomic mass is 32.2. The molecule has 1 amide bonds. The molecule has 0 spiro atoms. The Hall–Kier alpha value is -2.66. The standard InChI is InChI=1S/C18H18F2N2O5S2/c1-27-18(24)11-28-9-8-17(23)21-12-2-4-13(5-3-12)22-29(25,26)14-6-7-15(19)16(20)10-14/h2-7,10,22H,8-9,11H2,1H3,(H,21,23). The van der Waals surface area contributed by atoms with Crippen LogP contribution in [0.2, 0.25) is 0 Å². The fourth-order valence-electron chi connectivity index (χ4n) is 2.08. The summed E-state index contributed by atoms with van der Waals surface area (Å²) in [5, 5.41) is 2.64. The number of nitrogens with one attached hydrogen (secondary N) is 2. The van der Waals surface area contributed by atoms with Crippen LogP contribution in [0.15, 0.2) is 47.4 Å². The quantitative estimate of drug-likeness (QED) is 0.456. The smallest absolute Gasteiger partial charge is 0.315 e. The van der Waals surface area contributed by atoms with Gasteiger partial charge in [-0.05, 0) is 42.5 Å². The van der Waals surface area contributed by atoms with Gasteiger partial charge >= 0.3 is 5.97 Å². The molecular formula is C18H18F2N2O5S2. The number of esters is 1. The fraction of sp³-hybridized carbons (Fsp3) is 0.222. The Labute approximate surface area is 170 Å². The Morgan fingerprint density at radius 2 is 1.69 bits per heavy atom. The molecule has 0 aliphatic rings. The predicted molar refractivity (Wildman–Crippen MR) is 106 cm³/mol. The first-order valence-electron chi connectivity index (χ1n) is 8.23. The molecule has 2 N–H and O–H groups in total. The fourth-order valence-corrected chi connectivity index (χ4v) is 3.91. The molecule has 29 heavy (non-hydrogen) atoms. The molecule has 2 aromatic rings. The summed E-state index contributed by atoms with van der Waals surface area (Å²) in [6, 6.07) is 8.08. The first-order chi connectivity index (χ1) is 13.7. The van der Waals surface area contributed by atoms with Crippen LogP contribution < -0.4 is 10.0 Å². The van der Waals surface area contributed by atoms with E-state index in [0.29, 0.717) is 17.5 Å². The average molecular weight is 444 g/mol. The van der Waals surface area contributed by atoms with E-state index >= 15 is 0 Å². The van der Waals surface area contributed by atoms with E-state index in [-0.39, 0.29) is 29.7 Å². The first-order valence-corrected chi connectivity index (χ1v) is 10.9. The van der Waals surface area contributed by atoms with E-state index in [0.717, 1.165) is 12.1 Å². The van der Waals surface area contributed by atoms with Gasteiger partial charge in [0.15, 0.2) is 11.6 Å². The van der Waals surface area contributed by atoms with Crippen molar-refractivity contribution in [2.24, 2.45) is 0 Å². The monoisotopic (exact) mass is 444 g/mol. The summed E-state index contributed by atoms with van der Waals surface area (Å²) in [5.74, 6) is -2.44. The van der Waals surface area contributed by atoms with Crippen molar-refractivity contribution in [2.75, 3.05) is 28.7 Å². The van der Waals surface area contributed by atoms with Crippen LogP contribution in [-0.2, 0) is 24.3 Å². The third-order valence-electron chi connectivity index (χ3n) is 3.54. The van der Waals surface area contributed by atoms with Crippen LogP contribution >= 0.6 is 11.8 Å². The largest absolute Gasteiger partial charge is 0.468 e. The molecule has 0 unspecified atom stereocenters. The molecule has 2 rings (SSSR count). The highest BCUT2D eigenvalue weighted by Gasteiger charge is 2.16. The van der Waals surface area contributed by atoms with Gasteiger partial charge in [0.1, 0.15) is 0 Å². The van der Waals surface area contributed by atoms with E-state index < -0.39 is 26.6 Å². The van der Waals surface area contributed by atoms with E-state index in [9.17, 15) is 26.8 Å². The lowest BCUT2D eigenvalue weighted by molar-refractivity contribution is -0.137. The normalized spacial score (nSPS) is 11.0. The third-order valence-corrected chi connectivity index (χ3v) is 5.85. The number of benzene rings is 2. The van der Waals surface area contributed by atoms with Crippen molar-refractivity contribution in [3.8, 4) is 0 Å². The maximum Gasteiger partial charge on any atom is 0.315 e. The Morgan fingerprint density at radius 3 is 2.31 bits per heavy atom. The van der Waals surface area contributed by atoms with E-state index in [2.05, 4.69) is 14.8 Å². The summed E-state index contributed by atoms with van der Waals surface area (Å²) in [6.07, 6.45) is 0.187. The summed E-state index contributed by atoms with van der Waals surface area (Å²) in [5.41, 5.74) is 0.630. The van der Waals surface area contributed by atoms with Gasteiger partial charge in [0, 0.05) is 23.5 Å². The van der Waals surface area contributed by atoms with Crippen LogP contribution in [0.4, 0.5) is 20.2 Å². The van der Waals surface area contributed by atoms with Gasteiger partial charge in [-0.2, -0.15) is 0 Å². The number of rotatable bonds is 9. The van der Waals surface area contributed by atoms with Gasteiger partial charge in [0.25, 0.3) is 10.0 Å². The molecule has 0 aliphatic carbocycles. The number of hydrogen-bond donors (Lipinski definition) is 2. The number of thioether (sulfide) groups is 1. The summed E-state index contributed by atoms with van der Waals surface area (Å²) < 4.78 is 57.4. The molecular weight excluding hydrogens is 426 g/mol. The molecule has 7 nitrogen and oxygen atoms in total. The summed E-state index contributed by atoms with van der Waals surface area (Å²) in [6.45, 7) is 0. The SMILES string of the molecule is COC(=O)CSCCC(=O)Nc1ccc(NS(=O)(=O)c2ccc(F)c(F)c2)cc1. The Morgan fingerprint density at radius 1 is 1.03 bits per heavy atom. The maximum atomic E-state index is 13.3. The lowest BCUT2D eigenvalue weighted by Gasteiger charge is -2.10. The van der Waals surface area contributed by atoms with Crippen molar-refractivity contribution < 1.29 is 31.5 Å². The zero-order valence-corrected chi connectivity index (χ0v) is 16.9. The number of hydrogen-bond acceptors (Lipinski definition) is 6. The topological polar surface area (TPSA) is 102 Å². The molecule has 156 valence electrons. The molecule has 0 radical (unpaired) electrons. The van der Waals surface area contributed by atoms with E-state index in [1.54, 1.807) is 0 Å². The molecule has 0 fully saturated rings. The van der Waals surface area contributed by atoms with Crippen molar-refractivity contribution >= 4 is 45.0 Å². The van der Waals surface area contributed by atoms with Crippen LogP contribution in [-0.4, -0.2) is 38.9 Å². The van der Waals surface area contributed by atoms with Crippen molar-refractivity contribution in [3.05, 3.63) is 54.1 Å². The second kappa shape index (κ2) is 10.2. The number of halogens is 2. The molecule has 0 saturated heterocycles. The van der Waals surface area contributed by atoms with E-state index in [1.165, 1.54) is 43.1 Å². The van der Waals surface area contributed by atoms with Gasteiger partial charge < -0.3 is 10.1 Å². The molecule has 0 bridgehead atoms. The number of sulfonamides is 1. The van der Waals surface area contributed by atoms with Crippen LogP contribution in [0.5, 0.6) is 0 Å². The minimum atomic E-state index is -4.10. The number of carbonyl (C=O) groups excluding carboxylic acids is 2. The molecule has 0 atom stereocenters. The van der Waals surface area contributed by atoms with Crippen LogP contribution in [0, 0.1) is 11.6 Å². The molecule has 2 aromatic carbocycles. The van der Waals surface area contributed by atoms with Crippen LogP contribution in [0.25, 0.3) is 0 Å². The Bertz CT molecular complexity index is 982. The molecule has 0 heterocycles. The third kappa shape index (κ3) is 7.02. The Balaban J connectivity index is 1.90. The van der Waals surface area contributed by atoms with Crippen molar-refractivity contribution in [1.82, 2.24) is 0 Å². The second-order valence-electron chi connectivity index (χ2n) is 5.69. The zero-order chi connectivity index (χ0) is 21.4. The minimum Gasteiger partial charge on any atom is -0.468 e. The molecule has 0 aliphatic heterocycles. The summed E-state index contributed by atoms with van der Waals surface area (Å²) in [7, 11) is -2.81. The number of ether oxygens (including phenoxy) is 1. The first kappa shape index (κ1) is 22.6. The number of carbonyl (C=O) groups is 2. The van der Waals surface area contributed by atoms with E-state index in [4.69, 9.17) is 0 Å². The number of methoxy groups -OCH3 is 1. The van der Waals surface area contributed by atoms with Crippen molar-refractivity contribution in [3.63, 3.8) is 0 Å². The van der Waals surface area contributed by atoms with E-state index in [1.807, 2.05) is 0 Å². The average Bonchev–Trinajstić information content (AvgIpc) is 2.68. The second-order valence-corrected chi connectivity index (χ2v) is 8.47. The lowest BCUT2D eigenvalue weighted by atomic mass is 10.3. The van der Waals surface area contributed by atoms with Gasteiger partial charge in [0.05, 0.1) is 17.8 Å². The molecule has 11 heteroatoms. The summed E-state index contributed by atoms with van der Waals surface area (Å²) >= 11 is 1.27. The van der Waals surface area contributed by atoms with Gasteiger partial charge in [-0.3, -0.25) is 14.3 Å². The van der Waals surface area contributed by atoms with Gasteiger partial charge in [0.2, 0.25) is 5.91 Å². The predicted octanol–water partition coefficient (Wildman–Crippen LogP) is 3.00. The zero-order valence-electron chi connectivity index (χ0n) is 15.3. The number of amides is 1. The van der Waals surface area contributed by atoms with Gasteiger partial charge in [-0.15, -0.1) is 11.8 Å². The van der Waals surface area contributed by atoms with Gasteiger partial charge in [-0.1, -0.05) is 0 Å². The van der Waals surface area contributed by atoms with Crippen LogP contribution in [0.3, 0.4) is 0 Å². The molecule has 0 saturated carbocycles. The highest BCUT2D eigenvalue weighted by molar-refractivity contribution is 7.99. The minimum absolute atomic E-state index is 0.163. The van der Waals surface area contributed by atoms with Crippen molar-refractivity contribution in [1.29, 1.82) is 0 Å². The molecule has 0 aromatic heterocycles. The van der Waals surface area contributed by atoms with Crippen LogP contribution in [0.1, 0.15) is 6.42 Å². The van der Waals surface area contributed by atoms with Gasteiger partial charge in [-0.25, -0.2) is 17.2 Å². The Kier molecular flexibility index (Phi) is 7.97. The number of anilines is 2. The lowest BCUT2D eigenvalue weighted by Crippen LogP contribution is -2.14. The van der Waals surface area contributed by atoms with Crippen molar-refractivity contribution in [2.45, 2.75) is 11.3 Å². The summed E-state index contributed by atoms with van der Waals surface area (Å²) in [4.78, 5) is 22.4.